The van der Waals surface area contributed by atoms with Gasteiger partial charge in [-0.2, -0.15) is 0 Å². The third-order valence-electron chi connectivity index (χ3n) is 2.82. The van der Waals surface area contributed by atoms with E-state index >= 15 is 0 Å². The van der Waals surface area contributed by atoms with Crippen molar-refractivity contribution < 1.29 is 14.3 Å². The van der Waals surface area contributed by atoms with Crippen molar-refractivity contribution >= 4 is 22.4 Å². The Kier molecular flexibility index (Phi) is 6.80. The zero-order chi connectivity index (χ0) is 14.3. The Labute approximate surface area is 118 Å². The molecular weight excluding hydrogens is 264 g/mol. The molecule has 0 saturated heterocycles. The highest BCUT2D eigenvalue weighted by Gasteiger charge is 2.14. The predicted molar refractivity (Wildman–Crippen MR) is 76.6 cm³/mol. The first-order valence-corrected chi connectivity index (χ1v) is 7.21. The lowest BCUT2D eigenvalue weighted by Crippen LogP contribution is -2.30. The molecule has 0 bridgehead atoms. The van der Waals surface area contributed by atoms with Crippen LogP contribution < -0.4 is 5.32 Å². The van der Waals surface area contributed by atoms with Gasteiger partial charge >= 0.3 is 5.97 Å². The van der Waals surface area contributed by atoms with Crippen molar-refractivity contribution in [2.45, 2.75) is 32.7 Å². The number of anilines is 1. The van der Waals surface area contributed by atoms with Gasteiger partial charge in [-0.25, -0.2) is 4.98 Å². The minimum Gasteiger partial charge on any atom is -0.469 e. The third kappa shape index (κ3) is 5.57. The Hall–Kier alpha value is -1.14. The Bertz CT molecular complexity index is 393. The molecule has 6 heteroatoms. The minimum absolute atomic E-state index is 0.207. The monoisotopic (exact) mass is 286 g/mol. The summed E-state index contributed by atoms with van der Waals surface area (Å²) in [7, 11) is 3.09. The fourth-order valence-electron chi connectivity index (χ4n) is 1.56. The number of thiazole rings is 1. The fraction of sp³-hybridized carbons (Fsp3) is 0.692. The van der Waals surface area contributed by atoms with E-state index in [1.54, 1.807) is 18.4 Å². The Morgan fingerprint density at radius 1 is 1.47 bits per heavy atom. The molecule has 1 rings (SSSR count). The van der Waals surface area contributed by atoms with Gasteiger partial charge in [-0.05, 0) is 5.92 Å². The summed E-state index contributed by atoms with van der Waals surface area (Å²) in [6.45, 7) is 4.93. The van der Waals surface area contributed by atoms with Crippen LogP contribution in [0.2, 0.25) is 0 Å². The van der Waals surface area contributed by atoms with Gasteiger partial charge in [0.25, 0.3) is 0 Å². The molecule has 0 aromatic carbocycles. The number of nitrogens with zero attached hydrogens (tertiary/aromatic N) is 1. The molecule has 0 saturated carbocycles. The van der Waals surface area contributed by atoms with Gasteiger partial charge in [0.15, 0.2) is 5.13 Å². The Balaban J connectivity index is 2.51. The van der Waals surface area contributed by atoms with E-state index in [1.807, 2.05) is 5.38 Å². The standard InChI is InChI=1S/C13H22N2O3S/c1-9(2)11(7-17-3)15-13-14-10(8-19-13)5-6-12(16)18-4/h8-9,11H,5-7H2,1-4H3,(H,14,15). The number of hydrogen-bond donors (Lipinski definition) is 1. The van der Waals surface area contributed by atoms with E-state index in [2.05, 4.69) is 28.9 Å². The molecule has 1 aromatic rings. The van der Waals surface area contributed by atoms with E-state index in [0.717, 1.165) is 10.8 Å². The van der Waals surface area contributed by atoms with Gasteiger partial charge < -0.3 is 14.8 Å². The summed E-state index contributed by atoms with van der Waals surface area (Å²) in [4.78, 5) is 15.5. The molecular formula is C13H22N2O3S. The average Bonchev–Trinajstić information content (AvgIpc) is 2.83. The van der Waals surface area contributed by atoms with Gasteiger partial charge in [-0.15, -0.1) is 11.3 Å². The SMILES string of the molecule is COCC(Nc1nc(CCC(=O)OC)cs1)C(C)C. The van der Waals surface area contributed by atoms with Gasteiger partial charge in [0.1, 0.15) is 0 Å². The van der Waals surface area contributed by atoms with Crippen LogP contribution in [0.1, 0.15) is 26.0 Å². The molecule has 0 aliphatic rings. The van der Waals surface area contributed by atoms with Gasteiger partial charge in [-0.1, -0.05) is 13.8 Å². The summed E-state index contributed by atoms with van der Waals surface area (Å²) in [5, 5.41) is 6.21. The van der Waals surface area contributed by atoms with E-state index in [9.17, 15) is 4.79 Å². The molecule has 5 nitrogen and oxygen atoms in total. The van der Waals surface area contributed by atoms with Crippen LogP contribution in [0.5, 0.6) is 0 Å². The summed E-state index contributed by atoms with van der Waals surface area (Å²) >= 11 is 1.55. The molecule has 0 radical (unpaired) electrons. The van der Waals surface area contributed by atoms with Crippen LogP contribution in [0.3, 0.4) is 0 Å². The Morgan fingerprint density at radius 2 is 2.21 bits per heavy atom. The molecule has 1 atom stereocenters. The topological polar surface area (TPSA) is 60.5 Å². The number of nitrogens with one attached hydrogen (secondary N) is 1. The van der Waals surface area contributed by atoms with E-state index in [-0.39, 0.29) is 12.0 Å². The molecule has 0 aliphatic carbocycles. The largest absolute Gasteiger partial charge is 0.469 e. The van der Waals surface area contributed by atoms with Crippen molar-refractivity contribution in [1.82, 2.24) is 4.98 Å². The molecule has 1 heterocycles. The molecule has 1 aromatic heterocycles. The summed E-state index contributed by atoms with van der Waals surface area (Å²) in [6.07, 6.45) is 0.979. The van der Waals surface area contributed by atoms with Crippen molar-refractivity contribution in [3.05, 3.63) is 11.1 Å². The lowest BCUT2D eigenvalue weighted by Gasteiger charge is -2.20. The summed E-state index contributed by atoms with van der Waals surface area (Å²) < 4.78 is 9.80. The fourth-order valence-corrected chi connectivity index (χ4v) is 2.37. The second kappa shape index (κ2) is 8.12. The highest BCUT2D eigenvalue weighted by atomic mass is 32.1. The number of hydrogen-bond acceptors (Lipinski definition) is 6. The first kappa shape index (κ1) is 15.9. The first-order valence-electron chi connectivity index (χ1n) is 6.33. The van der Waals surface area contributed by atoms with Crippen molar-refractivity contribution in [3.63, 3.8) is 0 Å². The maximum Gasteiger partial charge on any atom is 0.305 e. The Morgan fingerprint density at radius 3 is 2.79 bits per heavy atom. The number of aryl methyl sites for hydroxylation is 1. The molecule has 0 fully saturated rings. The van der Waals surface area contributed by atoms with Crippen molar-refractivity contribution in [3.8, 4) is 0 Å². The van der Waals surface area contributed by atoms with E-state index < -0.39 is 0 Å². The number of rotatable bonds is 8. The number of aromatic nitrogens is 1. The highest BCUT2D eigenvalue weighted by Crippen LogP contribution is 2.19. The number of carbonyl (C=O) groups is 1. The third-order valence-corrected chi connectivity index (χ3v) is 3.65. The van der Waals surface area contributed by atoms with Crippen LogP contribution in [0.4, 0.5) is 5.13 Å². The van der Waals surface area contributed by atoms with E-state index in [0.29, 0.717) is 25.4 Å². The number of ether oxygens (including phenoxy) is 2. The van der Waals surface area contributed by atoms with Gasteiger partial charge in [-0.3, -0.25) is 4.79 Å². The zero-order valence-corrected chi connectivity index (χ0v) is 12.8. The lowest BCUT2D eigenvalue weighted by molar-refractivity contribution is -0.140. The van der Waals surface area contributed by atoms with E-state index in [1.165, 1.54) is 7.11 Å². The van der Waals surface area contributed by atoms with Crippen LogP contribution in [0.25, 0.3) is 0 Å². The molecule has 19 heavy (non-hydrogen) atoms. The maximum absolute atomic E-state index is 11.1. The molecule has 0 aliphatic heterocycles. The number of methoxy groups -OCH3 is 2. The maximum atomic E-state index is 11.1. The van der Waals surface area contributed by atoms with Crippen molar-refractivity contribution in [1.29, 1.82) is 0 Å². The normalized spacial score (nSPS) is 12.5. The predicted octanol–water partition coefficient (Wildman–Crippen LogP) is 2.33. The molecule has 1 N–H and O–H groups in total. The van der Waals surface area contributed by atoms with Crippen molar-refractivity contribution in [2.75, 3.05) is 26.1 Å². The molecule has 0 spiro atoms. The van der Waals surface area contributed by atoms with Crippen LogP contribution in [0.15, 0.2) is 5.38 Å². The summed E-state index contributed by atoms with van der Waals surface area (Å²) in [6, 6.07) is 0.240. The quantitative estimate of drug-likeness (QED) is 0.743. The van der Waals surface area contributed by atoms with Gasteiger partial charge in [0.05, 0.1) is 31.9 Å². The second-order valence-corrected chi connectivity index (χ2v) is 5.53. The molecule has 108 valence electrons. The summed E-state index contributed by atoms with van der Waals surface area (Å²) in [5.41, 5.74) is 0.915. The molecule has 0 amide bonds. The second-order valence-electron chi connectivity index (χ2n) is 4.67. The van der Waals surface area contributed by atoms with Gasteiger partial charge in [0, 0.05) is 18.9 Å². The van der Waals surface area contributed by atoms with E-state index in [4.69, 9.17) is 4.74 Å². The van der Waals surface area contributed by atoms with Crippen LogP contribution in [-0.2, 0) is 20.7 Å². The minimum atomic E-state index is -0.207. The summed E-state index contributed by atoms with van der Waals surface area (Å²) in [5.74, 6) is 0.254. The molecule has 1 unspecified atom stereocenters. The van der Waals surface area contributed by atoms with Crippen LogP contribution in [-0.4, -0.2) is 37.8 Å². The van der Waals surface area contributed by atoms with Crippen LogP contribution >= 0.6 is 11.3 Å². The van der Waals surface area contributed by atoms with Gasteiger partial charge in [0.2, 0.25) is 0 Å². The zero-order valence-electron chi connectivity index (χ0n) is 11.9. The highest BCUT2D eigenvalue weighted by molar-refractivity contribution is 7.13. The lowest BCUT2D eigenvalue weighted by atomic mass is 10.1. The smallest absolute Gasteiger partial charge is 0.305 e. The number of esters is 1. The van der Waals surface area contributed by atoms with Crippen molar-refractivity contribution in [2.24, 2.45) is 5.92 Å². The average molecular weight is 286 g/mol. The van der Waals surface area contributed by atoms with Crippen LogP contribution in [0, 0.1) is 5.92 Å². The first-order chi connectivity index (χ1) is 9.06. The number of carbonyl (C=O) groups excluding carboxylic acids is 1.